The number of aromatic nitrogens is 2. The maximum Gasteiger partial charge on any atom is 0.171 e. The van der Waals surface area contributed by atoms with Crippen LogP contribution in [0.5, 0.6) is 0 Å². The van der Waals surface area contributed by atoms with Gasteiger partial charge in [-0.05, 0) is 18.2 Å². The summed E-state index contributed by atoms with van der Waals surface area (Å²) < 4.78 is 0. The Morgan fingerprint density at radius 2 is 1.94 bits per heavy atom. The molecule has 0 bridgehead atoms. The first-order valence-corrected chi connectivity index (χ1v) is 5.39. The van der Waals surface area contributed by atoms with Gasteiger partial charge in [-0.15, -0.1) is 0 Å². The minimum absolute atomic E-state index is 0.233. The Balaban J connectivity index is 2.40. The molecule has 0 aliphatic carbocycles. The van der Waals surface area contributed by atoms with E-state index in [2.05, 4.69) is 21.4 Å². The zero-order valence-electron chi connectivity index (χ0n) is 8.48. The van der Waals surface area contributed by atoms with Gasteiger partial charge >= 0.3 is 0 Å². The summed E-state index contributed by atoms with van der Waals surface area (Å²) in [5, 5.41) is 12.6. The number of hydrogen-bond donors (Lipinski definition) is 1. The van der Waals surface area contributed by atoms with Crippen molar-refractivity contribution < 1.29 is 0 Å². The van der Waals surface area contributed by atoms with Crippen molar-refractivity contribution in [1.29, 1.82) is 5.26 Å². The topological polar surface area (TPSA) is 61.6 Å². The lowest BCUT2D eigenvalue weighted by molar-refractivity contribution is 1.20. The normalized spacial score (nSPS) is 9.71. The monoisotopic (exact) mass is 264 g/mol. The van der Waals surface area contributed by atoms with Gasteiger partial charge < -0.3 is 5.32 Å². The van der Waals surface area contributed by atoms with Gasteiger partial charge in [-0.3, -0.25) is 0 Å². The van der Waals surface area contributed by atoms with Crippen LogP contribution in [-0.2, 0) is 0 Å². The summed E-state index contributed by atoms with van der Waals surface area (Å²) in [6.45, 7) is 0. The van der Waals surface area contributed by atoms with E-state index in [-0.39, 0.29) is 5.15 Å². The predicted octanol–water partition coefficient (Wildman–Crippen LogP) is 3.40. The Kier molecular flexibility index (Phi) is 3.43. The van der Waals surface area contributed by atoms with Crippen LogP contribution in [-0.4, -0.2) is 9.97 Å². The van der Waals surface area contributed by atoms with Crippen LogP contribution in [0.25, 0.3) is 0 Å². The molecular formula is C11H6Cl2N4. The van der Waals surface area contributed by atoms with Crippen LogP contribution in [0, 0.1) is 11.3 Å². The van der Waals surface area contributed by atoms with Crippen molar-refractivity contribution in [2.24, 2.45) is 0 Å². The van der Waals surface area contributed by atoms with E-state index in [0.29, 0.717) is 22.1 Å². The first-order valence-electron chi connectivity index (χ1n) is 4.64. The van der Waals surface area contributed by atoms with E-state index in [1.54, 1.807) is 18.2 Å². The summed E-state index contributed by atoms with van der Waals surface area (Å²) in [5.74, 6) is 0.382. The fraction of sp³-hybridized carbons (Fsp3) is 0. The van der Waals surface area contributed by atoms with Crippen LogP contribution >= 0.6 is 23.2 Å². The van der Waals surface area contributed by atoms with Crippen molar-refractivity contribution in [3.63, 3.8) is 0 Å². The predicted molar refractivity (Wildman–Crippen MR) is 66.5 cm³/mol. The molecule has 2 aromatic rings. The molecule has 0 spiro atoms. The highest BCUT2D eigenvalue weighted by Gasteiger charge is 2.07. The van der Waals surface area contributed by atoms with E-state index in [9.17, 15) is 0 Å². The van der Waals surface area contributed by atoms with Gasteiger partial charge in [0.05, 0.1) is 11.3 Å². The number of rotatable bonds is 2. The van der Waals surface area contributed by atoms with Crippen LogP contribution in [0.3, 0.4) is 0 Å². The van der Waals surface area contributed by atoms with Gasteiger partial charge in [-0.2, -0.15) is 5.26 Å². The average Bonchev–Trinajstić information content (AvgIpc) is 2.32. The molecule has 1 aromatic carbocycles. The maximum absolute atomic E-state index is 8.95. The van der Waals surface area contributed by atoms with Crippen molar-refractivity contribution in [2.45, 2.75) is 0 Å². The molecule has 1 heterocycles. The molecule has 6 heteroatoms. The zero-order chi connectivity index (χ0) is 12.3. The van der Waals surface area contributed by atoms with Crippen molar-refractivity contribution >= 4 is 34.7 Å². The van der Waals surface area contributed by atoms with Gasteiger partial charge in [-0.1, -0.05) is 23.2 Å². The highest BCUT2D eigenvalue weighted by Crippen LogP contribution is 2.25. The van der Waals surface area contributed by atoms with Crippen molar-refractivity contribution in [1.82, 2.24) is 9.97 Å². The minimum atomic E-state index is 0.233. The first kappa shape index (κ1) is 11.6. The lowest BCUT2D eigenvalue weighted by Gasteiger charge is -2.08. The fourth-order valence-corrected chi connectivity index (χ4v) is 1.57. The molecular weight excluding hydrogens is 259 g/mol. The molecule has 0 aliphatic rings. The number of nitriles is 1. The third-order valence-corrected chi connectivity index (χ3v) is 2.52. The molecule has 0 atom stereocenters. The van der Waals surface area contributed by atoms with Gasteiger partial charge in [-0.25, -0.2) is 9.97 Å². The Morgan fingerprint density at radius 1 is 1.18 bits per heavy atom. The fourth-order valence-electron chi connectivity index (χ4n) is 1.25. The molecule has 4 nitrogen and oxygen atoms in total. The second kappa shape index (κ2) is 5.00. The Labute approximate surface area is 108 Å². The maximum atomic E-state index is 8.95. The lowest BCUT2D eigenvalue weighted by atomic mass is 10.2. The number of anilines is 2. The van der Waals surface area contributed by atoms with E-state index in [4.69, 9.17) is 28.5 Å². The van der Waals surface area contributed by atoms with E-state index >= 15 is 0 Å². The van der Waals surface area contributed by atoms with E-state index < -0.39 is 0 Å². The number of nitrogens with zero attached hydrogens (tertiary/aromatic N) is 3. The van der Waals surface area contributed by atoms with E-state index in [1.807, 2.05) is 0 Å². The smallest absolute Gasteiger partial charge is 0.171 e. The minimum Gasteiger partial charge on any atom is -0.337 e. The molecule has 1 N–H and O–H groups in total. The van der Waals surface area contributed by atoms with Crippen LogP contribution in [0.15, 0.2) is 30.6 Å². The summed E-state index contributed by atoms with van der Waals surface area (Å²) in [7, 11) is 0. The second-order valence-electron chi connectivity index (χ2n) is 3.12. The molecule has 0 fully saturated rings. The van der Waals surface area contributed by atoms with Gasteiger partial charge in [0.1, 0.15) is 6.07 Å². The highest BCUT2D eigenvalue weighted by atomic mass is 35.5. The summed E-state index contributed by atoms with van der Waals surface area (Å²) in [6.07, 6.45) is 2.99. The molecule has 2 rings (SSSR count). The summed E-state index contributed by atoms with van der Waals surface area (Å²) in [5.41, 5.74) is 0.999. The molecule has 0 saturated heterocycles. The van der Waals surface area contributed by atoms with Gasteiger partial charge in [0.2, 0.25) is 0 Å². The standard InChI is InChI=1S/C11H6Cl2N4/c12-8-2-1-7(6-14)9(5-8)17-11-10(13)15-3-4-16-11/h1-5H,(H,16,17). The molecule has 0 amide bonds. The quantitative estimate of drug-likeness (QED) is 0.903. The van der Waals surface area contributed by atoms with E-state index in [0.717, 1.165) is 0 Å². The van der Waals surface area contributed by atoms with Crippen LogP contribution in [0.1, 0.15) is 5.56 Å². The number of nitrogens with one attached hydrogen (secondary N) is 1. The SMILES string of the molecule is N#Cc1ccc(Cl)cc1Nc1nccnc1Cl. The van der Waals surface area contributed by atoms with Crippen LogP contribution in [0.4, 0.5) is 11.5 Å². The third-order valence-electron chi connectivity index (χ3n) is 2.01. The molecule has 84 valence electrons. The average molecular weight is 265 g/mol. The number of halogens is 2. The van der Waals surface area contributed by atoms with Crippen molar-refractivity contribution in [3.05, 3.63) is 46.3 Å². The van der Waals surface area contributed by atoms with Gasteiger partial charge in [0.25, 0.3) is 0 Å². The summed E-state index contributed by atoms with van der Waals surface area (Å²) >= 11 is 11.7. The summed E-state index contributed by atoms with van der Waals surface area (Å²) in [4.78, 5) is 7.90. The lowest BCUT2D eigenvalue weighted by Crippen LogP contribution is -1.97. The molecule has 0 radical (unpaired) electrons. The third kappa shape index (κ3) is 2.64. The molecule has 0 saturated carbocycles. The van der Waals surface area contributed by atoms with Crippen molar-refractivity contribution in [2.75, 3.05) is 5.32 Å². The Hall–Kier alpha value is -1.83. The zero-order valence-corrected chi connectivity index (χ0v) is 10.00. The Bertz CT molecular complexity index is 592. The molecule has 17 heavy (non-hydrogen) atoms. The van der Waals surface area contributed by atoms with Crippen LogP contribution < -0.4 is 5.32 Å². The first-order chi connectivity index (χ1) is 8.20. The molecule has 1 aromatic heterocycles. The number of benzene rings is 1. The van der Waals surface area contributed by atoms with Crippen molar-refractivity contribution in [3.8, 4) is 6.07 Å². The second-order valence-corrected chi connectivity index (χ2v) is 3.92. The van der Waals surface area contributed by atoms with Gasteiger partial charge in [0.15, 0.2) is 11.0 Å². The van der Waals surface area contributed by atoms with E-state index in [1.165, 1.54) is 12.4 Å². The molecule has 0 unspecified atom stereocenters. The largest absolute Gasteiger partial charge is 0.337 e. The van der Waals surface area contributed by atoms with Crippen LogP contribution in [0.2, 0.25) is 10.2 Å². The Morgan fingerprint density at radius 3 is 2.65 bits per heavy atom. The number of hydrogen-bond acceptors (Lipinski definition) is 4. The highest BCUT2D eigenvalue weighted by molar-refractivity contribution is 6.32. The molecule has 0 aliphatic heterocycles. The summed E-state index contributed by atoms with van der Waals surface area (Å²) in [6, 6.07) is 6.94. The van der Waals surface area contributed by atoms with Gasteiger partial charge in [0, 0.05) is 17.4 Å².